The highest BCUT2D eigenvalue weighted by molar-refractivity contribution is 5.86. The molecule has 0 amide bonds. The van der Waals surface area contributed by atoms with Gasteiger partial charge in [-0.25, -0.2) is 0 Å². The topological polar surface area (TPSA) is 4.93 Å². The van der Waals surface area contributed by atoms with E-state index in [0.29, 0.717) is 0 Å². The summed E-state index contributed by atoms with van der Waals surface area (Å²) < 4.78 is 1.89. The van der Waals surface area contributed by atoms with Crippen LogP contribution in [0.25, 0.3) is 10.9 Å². The average molecular weight is 169 g/mol. The van der Waals surface area contributed by atoms with Gasteiger partial charge < -0.3 is 0 Å². The summed E-state index contributed by atoms with van der Waals surface area (Å²) in [4.78, 5) is 0. The van der Waals surface area contributed by atoms with E-state index in [9.17, 15) is 0 Å². The van der Waals surface area contributed by atoms with Crippen LogP contribution < -0.4 is 0 Å². The predicted octanol–water partition coefficient (Wildman–Crippen LogP) is 2.70. The highest BCUT2D eigenvalue weighted by Crippen LogP contribution is 2.23. The third-order valence-electron chi connectivity index (χ3n) is 2.56. The van der Waals surface area contributed by atoms with Crippen molar-refractivity contribution in [1.82, 2.24) is 4.57 Å². The molecule has 1 nitrogen and oxygen atoms in total. The molecular weight excluding hydrogens is 158 g/mol. The van der Waals surface area contributed by atoms with Gasteiger partial charge in [0.2, 0.25) is 0 Å². The largest absolute Gasteiger partial charge is 0.274 e. The van der Waals surface area contributed by atoms with E-state index < -0.39 is 0 Å². The summed E-state index contributed by atoms with van der Waals surface area (Å²) in [6.45, 7) is 4.15. The van der Waals surface area contributed by atoms with Gasteiger partial charge in [0.1, 0.15) is 0 Å². The van der Waals surface area contributed by atoms with Gasteiger partial charge in [-0.3, -0.25) is 4.57 Å². The minimum absolute atomic E-state index is 1.13. The molecule has 1 heteroatoms. The first kappa shape index (κ1) is 7.94. The Bertz CT molecular complexity index is 498. The summed E-state index contributed by atoms with van der Waals surface area (Å²) in [5.41, 5.74) is 3.55. The first-order valence-corrected chi connectivity index (χ1v) is 4.29. The van der Waals surface area contributed by atoms with E-state index in [0.717, 1.165) is 11.2 Å². The smallest absolute Gasteiger partial charge is 0.0617 e. The Morgan fingerprint density at radius 1 is 1.23 bits per heavy atom. The lowest BCUT2D eigenvalue weighted by Gasteiger charge is -1.95. The molecule has 0 aliphatic rings. The van der Waals surface area contributed by atoms with E-state index in [1.807, 2.05) is 16.7 Å². The fraction of sp³-hybridized carbons (Fsp3) is 0.167. The molecule has 0 aliphatic carbocycles. The molecule has 0 fully saturated rings. The van der Waals surface area contributed by atoms with Gasteiger partial charge in [0, 0.05) is 17.1 Å². The third-order valence-corrected chi connectivity index (χ3v) is 2.56. The Balaban J connectivity index is 3.00. The molecule has 64 valence electrons. The molecule has 2 aromatic rings. The molecule has 1 aromatic heterocycles. The van der Waals surface area contributed by atoms with Crippen molar-refractivity contribution in [2.24, 2.45) is 0 Å². The van der Waals surface area contributed by atoms with Crippen LogP contribution in [0.5, 0.6) is 0 Å². The summed E-state index contributed by atoms with van der Waals surface area (Å²) in [7, 11) is 0. The van der Waals surface area contributed by atoms with Gasteiger partial charge in [0.15, 0.2) is 0 Å². The zero-order valence-corrected chi connectivity index (χ0v) is 7.83. The molecule has 0 unspecified atom stereocenters. The van der Waals surface area contributed by atoms with Crippen LogP contribution in [0.2, 0.25) is 0 Å². The van der Waals surface area contributed by atoms with E-state index in [-0.39, 0.29) is 0 Å². The fourth-order valence-electron chi connectivity index (χ4n) is 1.70. The van der Waals surface area contributed by atoms with Crippen molar-refractivity contribution in [2.75, 3.05) is 0 Å². The lowest BCUT2D eigenvalue weighted by atomic mass is 10.2. The van der Waals surface area contributed by atoms with Gasteiger partial charge in [-0.2, -0.15) is 0 Å². The van der Waals surface area contributed by atoms with Gasteiger partial charge in [-0.05, 0) is 25.5 Å². The molecule has 0 atom stereocenters. The van der Waals surface area contributed by atoms with Crippen molar-refractivity contribution < 1.29 is 0 Å². The van der Waals surface area contributed by atoms with Crippen molar-refractivity contribution in [3.63, 3.8) is 0 Å². The fourth-order valence-corrected chi connectivity index (χ4v) is 1.70. The number of fused-ring (bicyclic) bond motifs is 1. The highest BCUT2D eigenvalue weighted by atomic mass is 15.0. The molecule has 1 aromatic carbocycles. The molecular formula is C12H11N. The van der Waals surface area contributed by atoms with Gasteiger partial charge in [0.05, 0.1) is 5.52 Å². The number of nitrogens with zero attached hydrogens (tertiary/aromatic N) is 1. The first-order valence-electron chi connectivity index (χ1n) is 4.29. The molecule has 1 heterocycles. The van der Waals surface area contributed by atoms with Crippen molar-refractivity contribution in [3.8, 4) is 12.5 Å². The van der Waals surface area contributed by atoms with Crippen LogP contribution in [0.15, 0.2) is 24.3 Å². The lowest BCUT2D eigenvalue weighted by molar-refractivity contribution is 1.09. The molecule has 0 N–H and O–H groups in total. The van der Waals surface area contributed by atoms with E-state index in [4.69, 9.17) is 6.42 Å². The molecule has 0 radical (unpaired) electrons. The maximum absolute atomic E-state index is 5.44. The molecule has 2 rings (SSSR count). The van der Waals surface area contributed by atoms with Crippen LogP contribution in [-0.2, 0) is 0 Å². The minimum atomic E-state index is 1.13. The Morgan fingerprint density at radius 2 is 1.92 bits per heavy atom. The van der Waals surface area contributed by atoms with E-state index >= 15 is 0 Å². The van der Waals surface area contributed by atoms with Crippen molar-refractivity contribution in [2.45, 2.75) is 13.8 Å². The number of para-hydroxylation sites is 1. The second kappa shape index (κ2) is 2.67. The maximum atomic E-state index is 5.44. The number of aryl methyl sites for hydroxylation is 1. The monoisotopic (exact) mass is 169 g/mol. The number of benzene rings is 1. The van der Waals surface area contributed by atoms with Gasteiger partial charge >= 0.3 is 0 Å². The highest BCUT2D eigenvalue weighted by Gasteiger charge is 2.07. The number of terminal acetylenes is 1. The van der Waals surface area contributed by atoms with Crippen molar-refractivity contribution in [3.05, 3.63) is 35.5 Å². The Kier molecular flexibility index (Phi) is 1.63. The van der Waals surface area contributed by atoms with Crippen molar-refractivity contribution >= 4 is 10.9 Å². The second-order valence-electron chi connectivity index (χ2n) is 3.19. The van der Waals surface area contributed by atoms with Crippen LogP contribution >= 0.6 is 0 Å². The Morgan fingerprint density at radius 3 is 2.62 bits per heavy atom. The van der Waals surface area contributed by atoms with Crippen LogP contribution in [0.3, 0.4) is 0 Å². The van der Waals surface area contributed by atoms with E-state index in [2.05, 4.69) is 32.0 Å². The zero-order chi connectivity index (χ0) is 9.42. The normalized spacial score (nSPS) is 10.2. The summed E-state index contributed by atoms with van der Waals surface area (Å²) in [5, 5.41) is 1.25. The Hall–Kier alpha value is -1.68. The lowest BCUT2D eigenvalue weighted by Crippen LogP contribution is -1.89. The van der Waals surface area contributed by atoms with E-state index in [1.54, 1.807) is 0 Å². The molecule has 0 bridgehead atoms. The van der Waals surface area contributed by atoms with Gasteiger partial charge in [0.25, 0.3) is 0 Å². The second-order valence-corrected chi connectivity index (χ2v) is 3.19. The summed E-state index contributed by atoms with van der Waals surface area (Å²) in [6, 6.07) is 10.9. The molecule has 0 aliphatic heterocycles. The number of hydrogen-bond acceptors (Lipinski definition) is 0. The summed E-state index contributed by atoms with van der Waals surface area (Å²) >= 11 is 0. The first-order chi connectivity index (χ1) is 6.25. The number of rotatable bonds is 0. The SMILES string of the molecule is C#Cn1c(C)c(C)c2ccccc21. The molecule has 0 spiro atoms. The average Bonchev–Trinajstić information content (AvgIpc) is 2.41. The summed E-state index contributed by atoms with van der Waals surface area (Å²) in [6.07, 6.45) is 5.44. The standard InChI is InChI=1S/C12H11N/c1-4-13-10(3)9(2)11-7-5-6-8-12(11)13/h1,5-8H,2-3H3. The number of hydrogen-bond donors (Lipinski definition) is 0. The zero-order valence-electron chi connectivity index (χ0n) is 7.83. The van der Waals surface area contributed by atoms with Crippen LogP contribution in [0.1, 0.15) is 11.3 Å². The molecule has 13 heavy (non-hydrogen) atoms. The minimum Gasteiger partial charge on any atom is -0.274 e. The predicted molar refractivity (Wildman–Crippen MR) is 55.6 cm³/mol. The number of aromatic nitrogens is 1. The van der Waals surface area contributed by atoms with Gasteiger partial charge in [-0.1, -0.05) is 24.6 Å². The van der Waals surface area contributed by atoms with Gasteiger partial charge in [-0.15, -0.1) is 0 Å². The van der Waals surface area contributed by atoms with Crippen LogP contribution in [0, 0.1) is 26.3 Å². The van der Waals surface area contributed by atoms with Crippen molar-refractivity contribution in [1.29, 1.82) is 0 Å². The van der Waals surface area contributed by atoms with Crippen LogP contribution in [0.4, 0.5) is 0 Å². The molecule has 0 saturated heterocycles. The quantitative estimate of drug-likeness (QED) is 0.534. The third kappa shape index (κ3) is 0.957. The summed E-state index contributed by atoms with van der Waals surface area (Å²) in [5.74, 6) is 0. The maximum Gasteiger partial charge on any atom is 0.0617 e. The molecule has 0 saturated carbocycles. The Labute approximate surface area is 78.0 Å². The van der Waals surface area contributed by atoms with E-state index in [1.165, 1.54) is 10.9 Å². The van der Waals surface area contributed by atoms with Crippen LogP contribution in [-0.4, -0.2) is 4.57 Å².